The van der Waals surface area contributed by atoms with Crippen molar-refractivity contribution in [2.75, 3.05) is 31.1 Å². The molecule has 0 saturated carbocycles. The fraction of sp³-hybridized carbons (Fsp3) is 0.286. The van der Waals surface area contributed by atoms with Crippen LogP contribution >= 0.6 is 11.3 Å². The first kappa shape index (κ1) is 21.8. The highest BCUT2D eigenvalue weighted by atomic mass is 32.2. The van der Waals surface area contributed by atoms with Gasteiger partial charge in [-0.2, -0.15) is 4.31 Å². The quantitative estimate of drug-likeness (QED) is 0.570. The summed E-state index contributed by atoms with van der Waals surface area (Å²) < 4.78 is 67.6. The van der Waals surface area contributed by atoms with Crippen molar-refractivity contribution in [3.63, 3.8) is 0 Å². The molecule has 0 bridgehead atoms. The van der Waals surface area contributed by atoms with E-state index in [1.807, 2.05) is 10.3 Å². The Morgan fingerprint density at radius 1 is 0.968 bits per heavy atom. The summed E-state index contributed by atoms with van der Waals surface area (Å²) in [5, 5.41) is 2.56. The number of thiazole rings is 1. The van der Waals surface area contributed by atoms with Crippen LogP contribution in [0.3, 0.4) is 0 Å². The van der Waals surface area contributed by atoms with E-state index in [9.17, 15) is 21.6 Å². The summed E-state index contributed by atoms with van der Waals surface area (Å²) in [4.78, 5) is 6.50. The fourth-order valence-electron chi connectivity index (χ4n) is 3.56. The van der Waals surface area contributed by atoms with Crippen LogP contribution in [-0.4, -0.2) is 43.9 Å². The molecular weight excluding hydrogens is 447 g/mol. The lowest BCUT2D eigenvalue weighted by Gasteiger charge is -2.34. The van der Waals surface area contributed by atoms with Gasteiger partial charge in [0.1, 0.15) is 17.5 Å². The topological polar surface area (TPSA) is 53.5 Å². The van der Waals surface area contributed by atoms with E-state index in [4.69, 9.17) is 0 Å². The van der Waals surface area contributed by atoms with Crippen molar-refractivity contribution in [2.24, 2.45) is 0 Å². The minimum Gasteiger partial charge on any atom is -0.345 e. The zero-order chi connectivity index (χ0) is 22.2. The molecule has 1 saturated heterocycles. The molecule has 0 amide bonds. The van der Waals surface area contributed by atoms with E-state index in [-0.39, 0.29) is 18.0 Å². The molecule has 0 spiro atoms. The third kappa shape index (κ3) is 4.76. The van der Waals surface area contributed by atoms with Crippen LogP contribution < -0.4 is 4.90 Å². The molecule has 2 aromatic carbocycles. The van der Waals surface area contributed by atoms with Gasteiger partial charge >= 0.3 is 0 Å². The van der Waals surface area contributed by atoms with Gasteiger partial charge < -0.3 is 4.90 Å². The molecule has 0 atom stereocenters. The first-order chi connectivity index (χ1) is 14.7. The minimum absolute atomic E-state index is 0.0141. The molecule has 0 N–H and O–H groups in total. The Balaban J connectivity index is 1.43. The zero-order valence-electron chi connectivity index (χ0n) is 16.7. The highest BCUT2D eigenvalue weighted by Gasteiger charge is 2.30. The van der Waals surface area contributed by atoms with E-state index >= 15 is 0 Å². The maximum atomic E-state index is 13.6. The van der Waals surface area contributed by atoms with Crippen molar-refractivity contribution in [1.82, 2.24) is 9.29 Å². The van der Waals surface area contributed by atoms with Gasteiger partial charge in [0.25, 0.3) is 0 Å². The Hall–Kier alpha value is -2.43. The Labute approximate surface area is 182 Å². The van der Waals surface area contributed by atoms with Crippen molar-refractivity contribution in [2.45, 2.75) is 18.2 Å². The molecule has 0 unspecified atom stereocenters. The molecule has 164 valence electrons. The van der Waals surface area contributed by atoms with E-state index in [1.165, 1.54) is 39.9 Å². The molecule has 4 rings (SSSR count). The lowest BCUT2D eigenvalue weighted by molar-refractivity contribution is 0.384. The second-order valence-electron chi connectivity index (χ2n) is 7.38. The lowest BCUT2D eigenvalue weighted by atomic mass is 10.1. The van der Waals surface area contributed by atoms with Gasteiger partial charge in [-0.3, -0.25) is 0 Å². The largest absolute Gasteiger partial charge is 0.345 e. The molecule has 10 heteroatoms. The lowest BCUT2D eigenvalue weighted by Crippen LogP contribution is -2.48. The average molecular weight is 468 g/mol. The van der Waals surface area contributed by atoms with Crippen molar-refractivity contribution in [3.05, 3.63) is 76.1 Å². The summed E-state index contributed by atoms with van der Waals surface area (Å²) in [6, 6.07) is 7.14. The van der Waals surface area contributed by atoms with Crippen LogP contribution in [0.2, 0.25) is 0 Å². The zero-order valence-corrected chi connectivity index (χ0v) is 18.3. The van der Waals surface area contributed by atoms with E-state index in [0.717, 1.165) is 17.3 Å². The molecule has 1 fully saturated rings. The molecule has 0 aliphatic carbocycles. The van der Waals surface area contributed by atoms with Crippen molar-refractivity contribution in [3.8, 4) is 0 Å². The highest BCUT2D eigenvalue weighted by molar-refractivity contribution is 7.89. The van der Waals surface area contributed by atoms with Crippen LogP contribution in [0.5, 0.6) is 0 Å². The maximum Gasteiger partial charge on any atom is 0.243 e. The highest BCUT2D eigenvalue weighted by Crippen LogP contribution is 2.26. The Bertz CT molecular complexity index is 1190. The summed E-state index contributed by atoms with van der Waals surface area (Å²) in [5.41, 5.74) is 1.69. The smallest absolute Gasteiger partial charge is 0.243 e. The Kier molecular flexibility index (Phi) is 6.05. The van der Waals surface area contributed by atoms with Crippen molar-refractivity contribution in [1.29, 1.82) is 0 Å². The average Bonchev–Trinajstić information content (AvgIpc) is 3.17. The SMILES string of the molecule is Cc1ccc(F)cc1S(=O)(=O)N1CCN(c2nc(Cc3cc(F)cc(F)c3)cs2)CC1. The van der Waals surface area contributed by atoms with Gasteiger partial charge in [-0.05, 0) is 42.3 Å². The summed E-state index contributed by atoms with van der Waals surface area (Å²) >= 11 is 1.40. The second-order valence-corrected chi connectivity index (χ2v) is 10.1. The van der Waals surface area contributed by atoms with E-state index in [2.05, 4.69) is 4.98 Å². The van der Waals surface area contributed by atoms with Crippen LogP contribution in [0.1, 0.15) is 16.8 Å². The predicted molar refractivity (Wildman–Crippen MR) is 113 cm³/mol. The number of halogens is 3. The number of anilines is 1. The fourth-order valence-corrected chi connectivity index (χ4v) is 6.09. The molecule has 31 heavy (non-hydrogen) atoms. The van der Waals surface area contributed by atoms with Crippen molar-refractivity contribution >= 4 is 26.5 Å². The molecule has 1 aliphatic rings. The van der Waals surface area contributed by atoms with Crippen LogP contribution in [0.15, 0.2) is 46.7 Å². The normalized spacial score (nSPS) is 15.4. The predicted octanol–water partition coefficient (Wildman–Crippen LogP) is 3.97. The molecule has 3 aromatic rings. The third-order valence-electron chi connectivity index (χ3n) is 5.12. The summed E-state index contributed by atoms with van der Waals surface area (Å²) in [6.07, 6.45) is 0.304. The second kappa shape index (κ2) is 8.60. The molecule has 5 nitrogen and oxygen atoms in total. The first-order valence-corrected chi connectivity index (χ1v) is 11.9. The monoisotopic (exact) mass is 467 g/mol. The number of benzene rings is 2. The Morgan fingerprint density at radius 3 is 2.32 bits per heavy atom. The summed E-state index contributed by atoms with van der Waals surface area (Å²) in [6.45, 7) is 3.03. The molecule has 1 aromatic heterocycles. The standard InChI is InChI=1S/C21H20F3N3O2S2/c1-14-2-3-16(22)12-20(14)31(28,29)27-6-4-26(5-7-27)21-25-19(13-30-21)10-15-8-17(23)11-18(24)9-15/h2-3,8-9,11-13H,4-7,10H2,1H3. The molecular formula is C21H20F3N3O2S2. The van der Waals surface area contributed by atoms with E-state index < -0.39 is 27.5 Å². The summed E-state index contributed by atoms with van der Waals surface area (Å²) in [5.74, 6) is -1.84. The molecule has 0 radical (unpaired) electrons. The number of aromatic nitrogens is 1. The van der Waals surface area contributed by atoms with Gasteiger partial charge in [-0.25, -0.2) is 26.6 Å². The summed E-state index contributed by atoms with van der Waals surface area (Å²) in [7, 11) is -3.79. The van der Waals surface area contributed by atoms with Crippen molar-refractivity contribution < 1.29 is 21.6 Å². The third-order valence-corrected chi connectivity index (χ3v) is 8.12. The van der Waals surface area contributed by atoms with Crippen LogP contribution in [0, 0.1) is 24.4 Å². The minimum atomic E-state index is -3.79. The molecule has 1 aliphatic heterocycles. The first-order valence-electron chi connectivity index (χ1n) is 9.63. The number of sulfonamides is 1. The van der Waals surface area contributed by atoms with Gasteiger partial charge in [0.2, 0.25) is 10.0 Å². The van der Waals surface area contributed by atoms with Gasteiger partial charge in [0.05, 0.1) is 10.6 Å². The Morgan fingerprint density at radius 2 is 1.65 bits per heavy atom. The van der Waals surface area contributed by atoms with Crippen LogP contribution in [0.25, 0.3) is 0 Å². The number of hydrogen-bond donors (Lipinski definition) is 0. The molecule has 2 heterocycles. The number of hydrogen-bond acceptors (Lipinski definition) is 5. The van der Waals surface area contributed by atoms with Crippen LogP contribution in [0.4, 0.5) is 18.3 Å². The maximum absolute atomic E-state index is 13.6. The van der Waals surface area contributed by atoms with Gasteiger partial charge in [0, 0.05) is 44.0 Å². The number of rotatable bonds is 5. The van der Waals surface area contributed by atoms with Crippen LogP contribution in [-0.2, 0) is 16.4 Å². The van der Waals surface area contributed by atoms with Gasteiger partial charge in [0.15, 0.2) is 5.13 Å². The van der Waals surface area contributed by atoms with Gasteiger partial charge in [-0.1, -0.05) is 6.07 Å². The number of nitrogens with zero attached hydrogens (tertiary/aromatic N) is 3. The van der Waals surface area contributed by atoms with E-state index in [0.29, 0.717) is 36.3 Å². The number of piperazine rings is 1. The van der Waals surface area contributed by atoms with Gasteiger partial charge in [-0.15, -0.1) is 11.3 Å². The van der Waals surface area contributed by atoms with E-state index in [1.54, 1.807) is 6.92 Å². The number of aryl methyl sites for hydroxylation is 1.